The van der Waals surface area contributed by atoms with Crippen LogP contribution in [-0.2, 0) is 14.8 Å². The monoisotopic (exact) mass is 298 g/mol. The Hall–Kier alpha value is -1.80. The van der Waals surface area contributed by atoms with Crippen LogP contribution in [0.1, 0.15) is 13.3 Å². The summed E-state index contributed by atoms with van der Waals surface area (Å²) in [5.41, 5.74) is 7.01. The zero-order chi connectivity index (χ0) is 14.9. The molecule has 0 aromatic heterocycles. The summed E-state index contributed by atoms with van der Waals surface area (Å²) in [6.45, 7) is 2.89. The fourth-order valence-electron chi connectivity index (χ4n) is 2.38. The number of carbonyl (C=O) groups is 1. The smallest absolute Gasteiger partial charge is 0.238 e. The lowest BCUT2D eigenvalue weighted by atomic mass is 10.2. The number of nitrogen functional groups attached to an aromatic ring is 1. The van der Waals surface area contributed by atoms with Gasteiger partial charge < -0.3 is 16.0 Å². The molecule has 2 rings (SSSR count). The topological polar surface area (TPSA) is 119 Å². The highest BCUT2D eigenvalue weighted by Crippen LogP contribution is 2.28. The quantitative estimate of drug-likeness (QED) is 0.658. The first-order chi connectivity index (χ1) is 9.27. The van der Waals surface area contributed by atoms with Crippen molar-refractivity contribution in [2.24, 2.45) is 5.14 Å². The van der Waals surface area contributed by atoms with E-state index in [0.717, 1.165) is 18.7 Å². The molecule has 0 saturated carbocycles. The van der Waals surface area contributed by atoms with Crippen molar-refractivity contribution in [3.05, 3.63) is 18.2 Å². The van der Waals surface area contributed by atoms with E-state index in [4.69, 9.17) is 10.9 Å². The van der Waals surface area contributed by atoms with E-state index >= 15 is 0 Å². The summed E-state index contributed by atoms with van der Waals surface area (Å²) in [7, 11) is -3.75. The van der Waals surface area contributed by atoms with Gasteiger partial charge in [-0.25, -0.2) is 13.6 Å². The lowest BCUT2D eigenvalue weighted by Gasteiger charge is -2.21. The van der Waals surface area contributed by atoms with E-state index in [-0.39, 0.29) is 16.8 Å². The normalized spacial score (nSPS) is 19.1. The lowest BCUT2D eigenvalue weighted by molar-refractivity contribution is -0.119. The molecule has 1 aliphatic heterocycles. The molecule has 1 atom stereocenters. The van der Waals surface area contributed by atoms with E-state index in [2.05, 4.69) is 5.32 Å². The van der Waals surface area contributed by atoms with Crippen molar-refractivity contribution >= 4 is 27.3 Å². The van der Waals surface area contributed by atoms with Crippen molar-refractivity contribution in [1.29, 1.82) is 0 Å². The van der Waals surface area contributed by atoms with Gasteiger partial charge in [0.15, 0.2) is 0 Å². The van der Waals surface area contributed by atoms with Gasteiger partial charge >= 0.3 is 0 Å². The number of rotatable bonds is 3. The molecular weight excluding hydrogens is 280 g/mol. The lowest BCUT2D eigenvalue weighted by Crippen LogP contribution is -2.35. The summed E-state index contributed by atoms with van der Waals surface area (Å²) in [5, 5.41) is 7.92. The van der Waals surface area contributed by atoms with Gasteiger partial charge in [-0.1, -0.05) is 0 Å². The van der Waals surface area contributed by atoms with Gasteiger partial charge in [-0.05, 0) is 24.6 Å². The minimum Gasteiger partial charge on any atom is -0.397 e. The number of nitrogens with one attached hydrogen (secondary N) is 1. The number of hydrogen-bond acceptors (Lipinski definition) is 5. The molecule has 1 heterocycles. The molecule has 7 nitrogen and oxygen atoms in total. The van der Waals surface area contributed by atoms with Crippen molar-refractivity contribution in [2.75, 3.05) is 23.7 Å². The van der Waals surface area contributed by atoms with Crippen molar-refractivity contribution in [3.63, 3.8) is 0 Å². The zero-order valence-corrected chi connectivity index (χ0v) is 12.0. The number of carbonyl (C=O) groups excluding carboxylic acids is 1. The van der Waals surface area contributed by atoms with Crippen LogP contribution in [-0.4, -0.2) is 33.5 Å². The average Bonchev–Trinajstić information content (AvgIpc) is 2.75. The Morgan fingerprint density at radius 3 is 2.70 bits per heavy atom. The predicted molar refractivity (Wildman–Crippen MR) is 76.7 cm³/mol. The summed E-state index contributed by atoms with van der Waals surface area (Å²) in [6.07, 6.45) is 0.829. The molecule has 1 unspecified atom stereocenters. The molecule has 1 fully saturated rings. The van der Waals surface area contributed by atoms with Crippen molar-refractivity contribution in [2.45, 2.75) is 24.3 Å². The number of benzene rings is 1. The Morgan fingerprint density at radius 2 is 2.15 bits per heavy atom. The molecule has 5 N–H and O–H groups in total. The van der Waals surface area contributed by atoms with E-state index in [9.17, 15) is 13.2 Å². The van der Waals surface area contributed by atoms with Crippen molar-refractivity contribution in [3.8, 4) is 0 Å². The van der Waals surface area contributed by atoms with Gasteiger partial charge in [0.1, 0.15) is 0 Å². The first-order valence-corrected chi connectivity index (χ1v) is 7.76. The summed E-state index contributed by atoms with van der Waals surface area (Å²) in [6, 6.07) is 4.53. The van der Waals surface area contributed by atoms with Crippen LogP contribution in [0.2, 0.25) is 0 Å². The standard InChI is InChI=1S/C12H18N4O3S/c1-8(17)15-9-4-5-16(7-9)12-3-2-10(6-11(12)13)20(14,18)19/h2-3,6,9H,4-5,7,13H2,1H3,(H,15,17)(H2,14,18,19). The van der Waals surface area contributed by atoms with E-state index in [1.165, 1.54) is 19.1 Å². The Morgan fingerprint density at radius 1 is 1.45 bits per heavy atom. The van der Waals surface area contributed by atoms with Gasteiger partial charge in [0, 0.05) is 26.1 Å². The van der Waals surface area contributed by atoms with Gasteiger partial charge in [-0.15, -0.1) is 0 Å². The summed E-state index contributed by atoms with van der Waals surface area (Å²) in [5.74, 6) is -0.0607. The molecule has 1 aliphatic rings. The summed E-state index contributed by atoms with van der Waals surface area (Å²) in [4.78, 5) is 13.0. The van der Waals surface area contributed by atoms with Crippen LogP contribution in [0.5, 0.6) is 0 Å². The molecule has 110 valence electrons. The summed E-state index contributed by atoms with van der Waals surface area (Å²) >= 11 is 0. The first-order valence-electron chi connectivity index (χ1n) is 6.22. The van der Waals surface area contributed by atoms with Crippen LogP contribution in [0.3, 0.4) is 0 Å². The number of anilines is 2. The second-order valence-corrected chi connectivity index (χ2v) is 6.46. The molecule has 0 radical (unpaired) electrons. The second kappa shape index (κ2) is 5.29. The minimum atomic E-state index is -3.75. The van der Waals surface area contributed by atoms with Gasteiger partial charge in [0.2, 0.25) is 15.9 Å². The molecule has 1 aromatic carbocycles. The third kappa shape index (κ3) is 3.20. The molecule has 0 bridgehead atoms. The largest absolute Gasteiger partial charge is 0.397 e. The Labute approximate surface area is 118 Å². The van der Waals surface area contributed by atoms with Crippen molar-refractivity contribution < 1.29 is 13.2 Å². The number of hydrogen-bond donors (Lipinski definition) is 3. The van der Waals surface area contributed by atoms with Crippen LogP contribution in [0, 0.1) is 0 Å². The van der Waals surface area contributed by atoms with Gasteiger partial charge in [0.25, 0.3) is 0 Å². The van der Waals surface area contributed by atoms with Crippen LogP contribution in [0.25, 0.3) is 0 Å². The minimum absolute atomic E-state index is 0.00337. The van der Waals surface area contributed by atoms with Crippen LogP contribution in [0.4, 0.5) is 11.4 Å². The number of nitrogens with two attached hydrogens (primary N) is 2. The highest BCUT2D eigenvalue weighted by atomic mass is 32.2. The maximum Gasteiger partial charge on any atom is 0.238 e. The maximum absolute atomic E-state index is 11.3. The molecule has 0 spiro atoms. The maximum atomic E-state index is 11.3. The summed E-state index contributed by atoms with van der Waals surface area (Å²) < 4.78 is 22.5. The third-order valence-electron chi connectivity index (χ3n) is 3.26. The molecule has 1 amide bonds. The molecule has 1 saturated heterocycles. The Balaban J connectivity index is 2.17. The highest BCUT2D eigenvalue weighted by molar-refractivity contribution is 7.89. The SMILES string of the molecule is CC(=O)NC1CCN(c2ccc(S(N)(=O)=O)cc2N)C1. The number of sulfonamides is 1. The van der Waals surface area contributed by atoms with Crippen molar-refractivity contribution in [1.82, 2.24) is 5.32 Å². The van der Waals surface area contributed by atoms with Gasteiger partial charge in [0.05, 0.1) is 16.3 Å². The Kier molecular flexibility index (Phi) is 3.87. The van der Waals surface area contributed by atoms with E-state index in [1.54, 1.807) is 6.07 Å². The first kappa shape index (κ1) is 14.6. The zero-order valence-electron chi connectivity index (χ0n) is 11.2. The third-order valence-corrected chi connectivity index (χ3v) is 4.17. The second-order valence-electron chi connectivity index (χ2n) is 4.90. The molecular formula is C12H18N4O3S. The van der Waals surface area contributed by atoms with Crippen LogP contribution in [0.15, 0.2) is 23.1 Å². The van der Waals surface area contributed by atoms with E-state index < -0.39 is 10.0 Å². The number of primary sulfonamides is 1. The van der Waals surface area contributed by atoms with E-state index in [1.807, 2.05) is 4.90 Å². The molecule has 8 heteroatoms. The predicted octanol–water partition coefficient (Wildman–Crippen LogP) is -0.369. The molecule has 1 aromatic rings. The number of nitrogens with zero attached hydrogens (tertiary/aromatic N) is 1. The number of amides is 1. The van der Waals surface area contributed by atoms with Crippen LogP contribution >= 0.6 is 0 Å². The fourth-order valence-corrected chi connectivity index (χ4v) is 2.93. The fraction of sp³-hybridized carbons (Fsp3) is 0.417. The average molecular weight is 298 g/mol. The Bertz CT molecular complexity index is 630. The molecule has 20 heavy (non-hydrogen) atoms. The van der Waals surface area contributed by atoms with Gasteiger partial charge in [-0.3, -0.25) is 4.79 Å². The van der Waals surface area contributed by atoms with Crippen LogP contribution < -0.4 is 21.1 Å². The van der Waals surface area contributed by atoms with Gasteiger partial charge in [-0.2, -0.15) is 0 Å². The van der Waals surface area contributed by atoms with E-state index in [0.29, 0.717) is 12.2 Å². The molecule has 0 aliphatic carbocycles. The highest BCUT2D eigenvalue weighted by Gasteiger charge is 2.24.